The fourth-order valence-electron chi connectivity index (χ4n) is 1.13. The van der Waals surface area contributed by atoms with E-state index < -0.39 is 0 Å². The van der Waals surface area contributed by atoms with Crippen LogP contribution in [0.3, 0.4) is 0 Å². The largest absolute Gasteiger partial charge is 0.358 e. The van der Waals surface area contributed by atoms with Crippen LogP contribution in [0.15, 0.2) is 4.99 Å². The molecule has 0 saturated heterocycles. The number of aryl methyl sites for hydroxylation is 1. The summed E-state index contributed by atoms with van der Waals surface area (Å²) in [7, 11) is 1.82. The van der Waals surface area contributed by atoms with Crippen LogP contribution in [0.25, 0.3) is 0 Å². The number of hydrogen-bond donors (Lipinski definition) is 1. The number of nitrogens with zero attached hydrogens (tertiary/aromatic N) is 5. The number of aliphatic imine (C=N–C) groups is 1. The molecule has 1 aromatic heterocycles. The van der Waals surface area contributed by atoms with Gasteiger partial charge in [0.1, 0.15) is 0 Å². The van der Waals surface area contributed by atoms with E-state index in [1.54, 1.807) is 16.4 Å². The Morgan fingerprint density at radius 1 is 1.64 bits per heavy atom. The quantitative estimate of drug-likeness (QED) is 0.734. The number of tetrazole rings is 1. The first-order valence-corrected chi connectivity index (χ1v) is 5.30. The van der Waals surface area contributed by atoms with Gasteiger partial charge in [0, 0.05) is 12.3 Å². The van der Waals surface area contributed by atoms with E-state index in [1.807, 2.05) is 7.05 Å². The molecule has 0 fully saturated rings. The highest BCUT2D eigenvalue weighted by Gasteiger charge is 2.14. The molecule has 0 saturated carbocycles. The predicted molar refractivity (Wildman–Crippen MR) is 55.0 cm³/mol. The van der Waals surface area contributed by atoms with E-state index in [-0.39, 0.29) is 0 Å². The maximum absolute atomic E-state index is 4.34. The number of thioether (sulfide) groups is 1. The maximum atomic E-state index is 4.34. The predicted octanol–water partition coefficient (Wildman–Crippen LogP) is -0.209. The van der Waals surface area contributed by atoms with Crippen LogP contribution in [0.4, 0.5) is 0 Å². The topological polar surface area (TPSA) is 68.0 Å². The van der Waals surface area contributed by atoms with Crippen LogP contribution in [-0.4, -0.2) is 37.2 Å². The zero-order chi connectivity index (χ0) is 9.97. The molecule has 0 radical (unpaired) electrons. The van der Waals surface area contributed by atoms with Gasteiger partial charge in [0.05, 0.1) is 13.1 Å². The molecule has 1 unspecified atom stereocenters. The zero-order valence-electron chi connectivity index (χ0n) is 8.14. The van der Waals surface area contributed by atoms with Crippen molar-refractivity contribution in [3.05, 3.63) is 5.82 Å². The molecule has 0 amide bonds. The lowest BCUT2D eigenvalue weighted by Gasteiger charge is -2.03. The van der Waals surface area contributed by atoms with E-state index in [0.29, 0.717) is 11.8 Å². The van der Waals surface area contributed by atoms with Gasteiger partial charge >= 0.3 is 0 Å². The molecule has 0 bridgehead atoms. The Balaban J connectivity index is 1.86. The highest BCUT2D eigenvalue weighted by molar-refractivity contribution is 8.14. The van der Waals surface area contributed by atoms with Gasteiger partial charge in [-0.1, -0.05) is 18.7 Å². The second kappa shape index (κ2) is 3.95. The zero-order valence-corrected chi connectivity index (χ0v) is 8.95. The molecule has 0 aliphatic carbocycles. The SMILES string of the molecule is CC1CN=C(NCc2nnnn2C)S1. The van der Waals surface area contributed by atoms with Crippen molar-refractivity contribution >= 4 is 16.9 Å². The molecule has 0 aromatic carbocycles. The molecule has 1 N–H and O–H groups in total. The monoisotopic (exact) mass is 212 g/mol. The van der Waals surface area contributed by atoms with Crippen molar-refractivity contribution in [3.8, 4) is 0 Å². The lowest BCUT2D eigenvalue weighted by atomic mass is 10.5. The highest BCUT2D eigenvalue weighted by atomic mass is 32.2. The Morgan fingerprint density at radius 2 is 2.50 bits per heavy atom. The molecule has 2 rings (SSSR count). The molecule has 1 atom stereocenters. The smallest absolute Gasteiger partial charge is 0.170 e. The van der Waals surface area contributed by atoms with Gasteiger partial charge in [-0.2, -0.15) is 0 Å². The van der Waals surface area contributed by atoms with Crippen molar-refractivity contribution in [1.82, 2.24) is 25.5 Å². The second-order valence-corrected chi connectivity index (χ2v) is 4.57. The van der Waals surface area contributed by atoms with E-state index in [0.717, 1.165) is 17.5 Å². The molecule has 6 nitrogen and oxygen atoms in total. The molecule has 1 aliphatic heterocycles. The van der Waals surface area contributed by atoms with Gasteiger partial charge in [0.25, 0.3) is 0 Å². The minimum atomic E-state index is 0.579. The Hall–Kier alpha value is -1.11. The summed E-state index contributed by atoms with van der Waals surface area (Å²) < 4.78 is 1.65. The number of aromatic nitrogens is 4. The summed E-state index contributed by atoms with van der Waals surface area (Å²) in [5, 5.41) is 15.9. The summed E-state index contributed by atoms with van der Waals surface area (Å²) in [6.07, 6.45) is 0. The summed E-state index contributed by atoms with van der Waals surface area (Å²) in [6.45, 7) is 3.68. The van der Waals surface area contributed by atoms with Crippen LogP contribution in [-0.2, 0) is 13.6 Å². The van der Waals surface area contributed by atoms with Crippen molar-refractivity contribution in [2.24, 2.45) is 12.0 Å². The first-order valence-electron chi connectivity index (χ1n) is 4.42. The highest BCUT2D eigenvalue weighted by Crippen LogP contribution is 2.18. The summed E-state index contributed by atoms with van der Waals surface area (Å²) in [5.41, 5.74) is 0. The molecule has 0 spiro atoms. The van der Waals surface area contributed by atoms with Gasteiger partial charge < -0.3 is 5.32 Å². The number of rotatable bonds is 2. The lowest BCUT2D eigenvalue weighted by molar-refractivity contribution is 0.666. The standard InChI is InChI=1S/C7H12N6S/c1-5-3-8-7(14-5)9-4-6-10-11-12-13(6)2/h5H,3-4H2,1-2H3,(H,8,9). The van der Waals surface area contributed by atoms with Crippen molar-refractivity contribution in [3.63, 3.8) is 0 Å². The van der Waals surface area contributed by atoms with Gasteiger partial charge in [-0.05, 0) is 10.4 Å². The molecule has 1 aromatic rings. The second-order valence-electron chi connectivity index (χ2n) is 3.15. The van der Waals surface area contributed by atoms with E-state index >= 15 is 0 Å². The third-order valence-electron chi connectivity index (χ3n) is 1.91. The summed E-state index contributed by atoms with van der Waals surface area (Å²) >= 11 is 1.75. The summed E-state index contributed by atoms with van der Waals surface area (Å²) in [5.74, 6) is 0.813. The number of hydrogen-bond acceptors (Lipinski definition) is 6. The summed E-state index contributed by atoms with van der Waals surface area (Å²) in [6, 6.07) is 0. The Kier molecular flexibility index (Phi) is 2.67. The van der Waals surface area contributed by atoms with Gasteiger partial charge in [-0.15, -0.1) is 5.10 Å². The fourth-order valence-corrected chi connectivity index (χ4v) is 1.96. The minimum Gasteiger partial charge on any atom is -0.358 e. The van der Waals surface area contributed by atoms with Gasteiger partial charge in [-0.3, -0.25) is 4.99 Å². The van der Waals surface area contributed by atoms with Crippen molar-refractivity contribution < 1.29 is 0 Å². The van der Waals surface area contributed by atoms with Crippen LogP contribution in [0.5, 0.6) is 0 Å². The van der Waals surface area contributed by atoms with E-state index in [2.05, 4.69) is 32.8 Å². The van der Waals surface area contributed by atoms with Crippen molar-refractivity contribution in [2.75, 3.05) is 6.54 Å². The van der Waals surface area contributed by atoms with Crippen LogP contribution in [0, 0.1) is 0 Å². The summed E-state index contributed by atoms with van der Waals surface area (Å²) in [4.78, 5) is 4.34. The van der Waals surface area contributed by atoms with Gasteiger partial charge in [0.2, 0.25) is 0 Å². The molecular formula is C7H12N6S. The average Bonchev–Trinajstić information content (AvgIpc) is 2.72. The van der Waals surface area contributed by atoms with Gasteiger partial charge in [-0.25, -0.2) is 4.68 Å². The first-order chi connectivity index (χ1) is 6.75. The van der Waals surface area contributed by atoms with E-state index in [4.69, 9.17) is 0 Å². The average molecular weight is 212 g/mol. The number of nitrogens with one attached hydrogen (secondary N) is 1. The van der Waals surface area contributed by atoms with E-state index in [9.17, 15) is 0 Å². The van der Waals surface area contributed by atoms with Crippen molar-refractivity contribution in [1.29, 1.82) is 0 Å². The van der Waals surface area contributed by atoms with Crippen LogP contribution >= 0.6 is 11.8 Å². The normalized spacial score (nSPS) is 21.0. The van der Waals surface area contributed by atoms with Crippen LogP contribution in [0.1, 0.15) is 12.7 Å². The molecular weight excluding hydrogens is 200 g/mol. The molecule has 14 heavy (non-hydrogen) atoms. The third-order valence-corrected chi connectivity index (χ3v) is 2.96. The minimum absolute atomic E-state index is 0.579. The van der Waals surface area contributed by atoms with Crippen molar-refractivity contribution in [2.45, 2.75) is 18.7 Å². The molecule has 76 valence electrons. The van der Waals surface area contributed by atoms with Crippen LogP contribution in [0.2, 0.25) is 0 Å². The van der Waals surface area contributed by atoms with Gasteiger partial charge in [0.15, 0.2) is 11.0 Å². The molecule has 7 heteroatoms. The Morgan fingerprint density at radius 3 is 3.07 bits per heavy atom. The Bertz CT molecular complexity index is 346. The van der Waals surface area contributed by atoms with Crippen LogP contribution < -0.4 is 5.32 Å². The first kappa shape index (κ1) is 9.45. The van der Waals surface area contributed by atoms with E-state index in [1.165, 1.54) is 0 Å². The fraction of sp³-hybridized carbons (Fsp3) is 0.714. The number of amidine groups is 1. The lowest BCUT2D eigenvalue weighted by Crippen LogP contribution is -2.21. The molecule has 2 heterocycles. The Labute approximate surface area is 86.2 Å². The molecule has 1 aliphatic rings. The third kappa shape index (κ3) is 2.03. The maximum Gasteiger partial charge on any atom is 0.170 e.